The summed E-state index contributed by atoms with van der Waals surface area (Å²) in [5.74, 6) is -1.37. The van der Waals surface area contributed by atoms with Crippen LogP contribution in [0.15, 0.2) is 28.7 Å². The van der Waals surface area contributed by atoms with Gasteiger partial charge in [0.25, 0.3) is 5.91 Å². The second-order valence-corrected chi connectivity index (χ2v) is 5.89. The van der Waals surface area contributed by atoms with Crippen LogP contribution in [0.5, 0.6) is 0 Å². The summed E-state index contributed by atoms with van der Waals surface area (Å²) in [7, 11) is 1.54. The number of rotatable bonds is 5. The summed E-state index contributed by atoms with van der Waals surface area (Å²) in [5.41, 5.74) is 0.0278. The van der Waals surface area contributed by atoms with E-state index in [-0.39, 0.29) is 12.4 Å². The predicted molar refractivity (Wildman–Crippen MR) is 83.2 cm³/mol. The van der Waals surface area contributed by atoms with E-state index in [2.05, 4.69) is 5.32 Å². The third kappa shape index (κ3) is 2.70. The Kier molecular flexibility index (Phi) is 4.09. The summed E-state index contributed by atoms with van der Waals surface area (Å²) < 4.78 is 10.8. The Balaban J connectivity index is 1.97. The number of fused-ring (bicyclic) bond motifs is 1. The minimum atomic E-state index is -1.19. The van der Waals surface area contributed by atoms with E-state index in [1.54, 1.807) is 13.2 Å². The quantitative estimate of drug-likeness (QED) is 0.885. The Bertz CT molecular complexity index is 743. The molecule has 6 heteroatoms. The Hall–Kier alpha value is -2.34. The van der Waals surface area contributed by atoms with Crippen LogP contribution in [0.2, 0.25) is 0 Å². The third-order valence-corrected chi connectivity index (χ3v) is 4.41. The number of carbonyl (C=O) groups excluding carboxylic acids is 1. The number of carboxylic acid groups (broad SMARTS) is 1. The molecule has 0 saturated heterocycles. The smallest absolute Gasteiger partial charge is 0.329 e. The van der Waals surface area contributed by atoms with Crippen LogP contribution in [0.1, 0.15) is 41.8 Å². The van der Waals surface area contributed by atoms with Crippen molar-refractivity contribution in [2.45, 2.75) is 37.8 Å². The number of amides is 1. The van der Waals surface area contributed by atoms with Crippen molar-refractivity contribution in [2.24, 2.45) is 0 Å². The molecule has 6 nitrogen and oxygen atoms in total. The van der Waals surface area contributed by atoms with Gasteiger partial charge in [0.2, 0.25) is 0 Å². The molecule has 122 valence electrons. The zero-order chi connectivity index (χ0) is 16.4. The summed E-state index contributed by atoms with van der Waals surface area (Å²) in [5, 5.41) is 13.0. The summed E-state index contributed by atoms with van der Waals surface area (Å²) in [6, 6.07) is 7.30. The van der Waals surface area contributed by atoms with Crippen LogP contribution in [0, 0.1) is 0 Å². The van der Waals surface area contributed by atoms with Crippen LogP contribution in [-0.4, -0.2) is 29.6 Å². The number of hydrogen-bond donors (Lipinski definition) is 2. The van der Waals surface area contributed by atoms with Crippen LogP contribution in [0.25, 0.3) is 11.0 Å². The van der Waals surface area contributed by atoms with Crippen molar-refractivity contribution in [1.82, 2.24) is 5.32 Å². The van der Waals surface area contributed by atoms with Gasteiger partial charge in [-0.2, -0.15) is 0 Å². The maximum Gasteiger partial charge on any atom is 0.329 e. The topological polar surface area (TPSA) is 88.8 Å². The summed E-state index contributed by atoms with van der Waals surface area (Å²) in [4.78, 5) is 24.3. The summed E-state index contributed by atoms with van der Waals surface area (Å²) >= 11 is 0. The van der Waals surface area contributed by atoms with Gasteiger partial charge >= 0.3 is 5.97 Å². The summed E-state index contributed by atoms with van der Waals surface area (Å²) in [6.45, 7) is 0.222. The molecule has 1 aliphatic carbocycles. The van der Waals surface area contributed by atoms with Crippen molar-refractivity contribution in [3.63, 3.8) is 0 Å². The van der Waals surface area contributed by atoms with Gasteiger partial charge in [-0.1, -0.05) is 31.0 Å². The van der Waals surface area contributed by atoms with E-state index in [1.165, 1.54) is 0 Å². The number of para-hydroxylation sites is 1. The first-order valence-electron chi connectivity index (χ1n) is 7.63. The average molecular weight is 317 g/mol. The number of nitrogens with one attached hydrogen (secondary N) is 1. The molecule has 1 aromatic carbocycles. The highest BCUT2D eigenvalue weighted by Gasteiger charge is 2.43. The molecule has 1 aromatic heterocycles. The largest absolute Gasteiger partial charge is 0.480 e. The molecule has 1 saturated carbocycles. The molecular formula is C17H19NO5. The Morgan fingerprint density at radius 3 is 2.65 bits per heavy atom. The summed E-state index contributed by atoms with van der Waals surface area (Å²) in [6.07, 6.45) is 2.46. The fourth-order valence-electron chi connectivity index (χ4n) is 3.21. The molecule has 1 amide bonds. The highest BCUT2D eigenvalue weighted by atomic mass is 16.5. The van der Waals surface area contributed by atoms with E-state index in [0.29, 0.717) is 24.0 Å². The lowest BCUT2D eigenvalue weighted by atomic mass is 9.97. The monoisotopic (exact) mass is 317 g/mol. The van der Waals surface area contributed by atoms with Crippen LogP contribution in [0.4, 0.5) is 0 Å². The lowest BCUT2D eigenvalue weighted by Gasteiger charge is -2.24. The highest BCUT2D eigenvalue weighted by Crippen LogP contribution is 2.32. The van der Waals surface area contributed by atoms with Crippen molar-refractivity contribution in [3.05, 3.63) is 35.6 Å². The minimum Gasteiger partial charge on any atom is -0.480 e. The molecule has 2 aromatic rings. The third-order valence-electron chi connectivity index (χ3n) is 4.41. The first-order valence-corrected chi connectivity index (χ1v) is 7.63. The molecule has 0 bridgehead atoms. The van der Waals surface area contributed by atoms with Crippen molar-refractivity contribution >= 4 is 22.8 Å². The van der Waals surface area contributed by atoms with Crippen molar-refractivity contribution in [2.75, 3.05) is 7.11 Å². The number of methoxy groups -OCH3 is 1. The van der Waals surface area contributed by atoms with Crippen molar-refractivity contribution < 1.29 is 23.8 Å². The number of aliphatic carboxylic acids is 1. The first kappa shape index (κ1) is 15.6. The standard InChI is InChI=1S/C17H19NO5/c1-22-10-12-11-6-2-3-7-13(11)23-14(12)15(19)18-17(16(20)21)8-4-5-9-17/h2-3,6-7H,4-5,8-10H2,1H3,(H,18,19)(H,20,21). The van der Waals surface area contributed by atoms with E-state index >= 15 is 0 Å². The zero-order valence-electron chi connectivity index (χ0n) is 12.9. The molecule has 0 radical (unpaired) electrons. The molecule has 0 unspecified atom stereocenters. The van der Waals surface area contributed by atoms with Gasteiger partial charge in [-0.25, -0.2) is 4.79 Å². The van der Waals surface area contributed by atoms with Crippen LogP contribution >= 0.6 is 0 Å². The van der Waals surface area contributed by atoms with Gasteiger partial charge in [-0.05, 0) is 18.9 Å². The maximum atomic E-state index is 12.7. The second-order valence-electron chi connectivity index (χ2n) is 5.89. The van der Waals surface area contributed by atoms with Gasteiger partial charge in [0.15, 0.2) is 5.76 Å². The van der Waals surface area contributed by atoms with Crippen LogP contribution in [0.3, 0.4) is 0 Å². The number of benzene rings is 1. The van der Waals surface area contributed by atoms with Crippen LogP contribution in [-0.2, 0) is 16.1 Å². The predicted octanol–water partition coefficient (Wildman–Crippen LogP) is 2.71. The van der Waals surface area contributed by atoms with Gasteiger partial charge in [-0.3, -0.25) is 4.79 Å². The Morgan fingerprint density at radius 1 is 1.30 bits per heavy atom. The lowest BCUT2D eigenvalue weighted by Crippen LogP contribution is -2.52. The Morgan fingerprint density at radius 2 is 2.00 bits per heavy atom. The molecule has 2 N–H and O–H groups in total. The number of hydrogen-bond acceptors (Lipinski definition) is 4. The van der Waals surface area contributed by atoms with Gasteiger partial charge in [-0.15, -0.1) is 0 Å². The first-order chi connectivity index (χ1) is 11.1. The van der Waals surface area contributed by atoms with E-state index in [1.807, 2.05) is 18.2 Å². The molecule has 1 fully saturated rings. The maximum absolute atomic E-state index is 12.7. The van der Waals surface area contributed by atoms with Gasteiger partial charge in [0.05, 0.1) is 6.61 Å². The number of ether oxygens (including phenoxy) is 1. The molecule has 1 aliphatic rings. The van der Waals surface area contributed by atoms with Gasteiger partial charge in [0.1, 0.15) is 11.1 Å². The van der Waals surface area contributed by atoms with Crippen molar-refractivity contribution in [1.29, 1.82) is 0 Å². The molecule has 0 spiro atoms. The average Bonchev–Trinajstić information content (AvgIpc) is 3.14. The normalized spacial score (nSPS) is 16.6. The van der Waals surface area contributed by atoms with E-state index in [4.69, 9.17) is 9.15 Å². The highest BCUT2D eigenvalue weighted by molar-refractivity contribution is 6.01. The number of furan rings is 1. The molecule has 3 rings (SSSR count). The number of carbonyl (C=O) groups is 2. The van der Waals surface area contributed by atoms with Crippen molar-refractivity contribution in [3.8, 4) is 0 Å². The molecule has 23 heavy (non-hydrogen) atoms. The lowest BCUT2D eigenvalue weighted by molar-refractivity contribution is -0.144. The van der Waals surface area contributed by atoms with Gasteiger partial charge < -0.3 is 19.6 Å². The SMILES string of the molecule is COCc1c(C(=O)NC2(C(=O)O)CCCC2)oc2ccccc12. The molecule has 0 aliphatic heterocycles. The zero-order valence-corrected chi connectivity index (χ0v) is 12.9. The molecule has 0 atom stereocenters. The molecule has 1 heterocycles. The minimum absolute atomic E-state index is 0.126. The van der Waals surface area contributed by atoms with E-state index in [9.17, 15) is 14.7 Å². The fraction of sp³-hybridized carbons (Fsp3) is 0.412. The fourth-order valence-corrected chi connectivity index (χ4v) is 3.21. The van der Waals surface area contributed by atoms with Crippen LogP contribution < -0.4 is 5.32 Å². The van der Waals surface area contributed by atoms with E-state index < -0.39 is 17.4 Å². The Labute approximate surface area is 133 Å². The van der Waals surface area contributed by atoms with Gasteiger partial charge in [0, 0.05) is 18.1 Å². The number of carboxylic acids is 1. The van der Waals surface area contributed by atoms with E-state index in [0.717, 1.165) is 18.2 Å². The molecular weight excluding hydrogens is 298 g/mol. The second kappa shape index (κ2) is 6.04.